The number of phenols is 1. The molecule has 0 saturated heterocycles. The van der Waals surface area contributed by atoms with E-state index < -0.39 is 11.8 Å². The molecule has 1 aliphatic rings. The van der Waals surface area contributed by atoms with Crippen LogP contribution < -0.4 is 10.6 Å². The number of carbonyl (C=O) groups excluding carboxylic acids is 2. The summed E-state index contributed by atoms with van der Waals surface area (Å²) in [6.07, 6.45) is 1.57. The van der Waals surface area contributed by atoms with Crippen LogP contribution in [0.1, 0.15) is 21.5 Å². The SMILES string of the molecule is O=C1NC(=O)c2ccc(I)cc2C1=CNCc1ccc(-c2ccc(F)cc2)c(O)c1. The highest BCUT2D eigenvalue weighted by molar-refractivity contribution is 14.1. The first-order valence-corrected chi connectivity index (χ1v) is 10.2. The lowest BCUT2D eigenvalue weighted by Gasteiger charge is -2.18. The Hall–Kier alpha value is -3.20. The molecule has 4 rings (SSSR count). The molecule has 1 aliphatic heterocycles. The van der Waals surface area contributed by atoms with Gasteiger partial charge in [-0.05, 0) is 70.1 Å². The molecule has 0 saturated carbocycles. The summed E-state index contributed by atoms with van der Waals surface area (Å²) in [6.45, 7) is 0.362. The molecular formula is C23H16FIN2O3. The van der Waals surface area contributed by atoms with Gasteiger partial charge in [0.1, 0.15) is 11.6 Å². The normalized spacial score (nSPS) is 14.4. The third-order valence-electron chi connectivity index (χ3n) is 4.76. The van der Waals surface area contributed by atoms with Gasteiger partial charge in [0.15, 0.2) is 0 Å². The third kappa shape index (κ3) is 4.06. The van der Waals surface area contributed by atoms with E-state index in [1.165, 1.54) is 12.1 Å². The van der Waals surface area contributed by atoms with Gasteiger partial charge in [0.25, 0.3) is 11.8 Å². The van der Waals surface area contributed by atoms with Crippen molar-refractivity contribution in [2.75, 3.05) is 0 Å². The van der Waals surface area contributed by atoms with Crippen LogP contribution in [0.5, 0.6) is 5.75 Å². The summed E-state index contributed by atoms with van der Waals surface area (Å²) in [5.41, 5.74) is 3.51. The van der Waals surface area contributed by atoms with E-state index in [0.717, 1.165) is 9.13 Å². The Balaban J connectivity index is 1.53. The van der Waals surface area contributed by atoms with Gasteiger partial charge in [-0.15, -0.1) is 0 Å². The van der Waals surface area contributed by atoms with Gasteiger partial charge in [0, 0.05) is 33.0 Å². The number of phenolic OH excluding ortho intramolecular Hbond substituents is 1. The summed E-state index contributed by atoms with van der Waals surface area (Å²) >= 11 is 2.13. The number of rotatable bonds is 4. The van der Waals surface area contributed by atoms with Crippen molar-refractivity contribution >= 4 is 40.0 Å². The van der Waals surface area contributed by atoms with Crippen molar-refractivity contribution in [1.29, 1.82) is 0 Å². The molecule has 0 bridgehead atoms. The van der Waals surface area contributed by atoms with Gasteiger partial charge in [-0.1, -0.05) is 24.3 Å². The minimum absolute atomic E-state index is 0.0782. The average Bonchev–Trinajstić information content (AvgIpc) is 2.71. The summed E-state index contributed by atoms with van der Waals surface area (Å²) in [5.74, 6) is -1.13. The van der Waals surface area contributed by atoms with E-state index in [1.54, 1.807) is 42.6 Å². The Morgan fingerprint density at radius 1 is 0.933 bits per heavy atom. The van der Waals surface area contributed by atoms with E-state index in [1.807, 2.05) is 12.1 Å². The quantitative estimate of drug-likeness (QED) is 0.277. The third-order valence-corrected chi connectivity index (χ3v) is 5.43. The maximum absolute atomic E-state index is 13.1. The van der Waals surface area contributed by atoms with E-state index in [4.69, 9.17) is 0 Å². The molecular weight excluding hydrogens is 498 g/mol. The second-order valence-electron chi connectivity index (χ2n) is 6.77. The molecule has 7 heteroatoms. The van der Waals surface area contributed by atoms with Gasteiger partial charge in [-0.3, -0.25) is 14.9 Å². The highest BCUT2D eigenvalue weighted by atomic mass is 127. The highest BCUT2D eigenvalue weighted by Crippen LogP contribution is 2.30. The molecule has 1 heterocycles. The Kier molecular flexibility index (Phi) is 5.54. The largest absolute Gasteiger partial charge is 0.507 e. The summed E-state index contributed by atoms with van der Waals surface area (Å²) < 4.78 is 14.0. The lowest BCUT2D eigenvalue weighted by atomic mass is 9.95. The monoisotopic (exact) mass is 514 g/mol. The fourth-order valence-corrected chi connectivity index (χ4v) is 3.76. The smallest absolute Gasteiger partial charge is 0.260 e. The van der Waals surface area contributed by atoms with Crippen LogP contribution in [0.25, 0.3) is 16.7 Å². The van der Waals surface area contributed by atoms with E-state index in [-0.39, 0.29) is 11.6 Å². The van der Waals surface area contributed by atoms with Crippen LogP contribution in [0.15, 0.2) is 66.9 Å². The van der Waals surface area contributed by atoms with Crippen LogP contribution in [-0.2, 0) is 11.3 Å². The van der Waals surface area contributed by atoms with Gasteiger partial charge in [0.05, 0.1) is 5.57 Å². The summed E-state index contributed by atoms with van der Waals surface area (Å²) in [7, 11) is 0. The van der Waals surface area contributed by atoms with E-state index in [2.05, 4.69) is 33.2 Å². The van der Waals surface area contributed by atoms with Gasteiger partial charge < -0.3 is 10.4 Å². The zero-order chi connectivity index (χ0) is 21.3. The van der Waals surface area contributed by atoms with Gasteiger partial charge >= 0.3 is 0 Å². The molecule has 3 N–H and O–H groups in total. The van der Waals surface area contributed by atoms with Crippen molar-refractivity contribution in [3.05, 3.63) is 92.9 Å². The van der Waals surface area contributed by atoms with E-state index in [0.29, 0.717) is 34.4 Å². The molecule has 0 radical (unpaired) electrons. The van der Waals surface area contributed by atoms with Crippen molar-refractivity contribution in [1.82, 2.24) is 10.6 Å². The second kappa shape index (κ2) is 8.27. The predicted octanol–water partition coefficient (Wildman–Crippen LogP) is 4.20. The number of hydrogen-bond acceptors (Lipinski definition) is 4. The number of hydrogen-bond donors (Lipinski definition) is 3. The van der Waals surface area contributed by atoms with Crippen molar-refractivity contribution in [2.24, 2.45) is 0 Å². The first-order valence-electron chi connectivity index (χ1n) is 9.09. The number of halogens is 2. The van der Waals surface area contributed by atoms with Crippen LogP contribution in [0.4, 0.5) is 4.39 Å². The Labute approximate surface area is 185 Å². The Morgan fingerprint density at radius 2 is 1.67 bits per heavy atom. The number of nitrogens with one attached hydrogen (secondary N) is 2. The molecule has 150 valence electrons. The van der Waals surface area contributed by atoms with Gasteiger partial charge in [0.2, 0.25) is 0 Å². The lowest BCUT2D eigenvalue weighted by Crippen LogP contribution is -2.37. The predicted molar refractivity (Wildman–Crippen MR) is 120 cm³/mol. The van der Waals surface area contributed by atoms with Crippen LogP contribution >= 0.6 is 22.6 Å². The molecule has 0 aliphatic carbocycles. The molecule has 0 atom stereocenters. The zero-order valence-corrected chi connectivity index (χ0v) is 17.7. The summed E-state index contributed by atoms with van der Waals surface area (Å²) in [5, 5.41) is 15.8. The number of fused-ring (bicyclic) bond motifs is 1. The average molecular weight is 514 g/mol. The standard InChI is InChI=1S/C23H16FIN2O3/c24-15-4-2-14(3-5-15)17-7-1-13(9-21(17)28)11-26-12-20-19-10-16(25)6-8-18(19)22(29)27-23(20)30/h1-10,12,26,28H,11H2,(H,27,29,30). The summed E-state index contributed by atoms with van der Waals surface area (Å²) in [6, 6.07) is 16.4. The van der Waals surface area contributed by atoms with Crippen LogP contribution in [-0.4, -0.2) is 16.9 Å². The van der Waals surface area contributed by atoms with E-state index in [9.17, 15) is 19.1 Å². The minimum Gasteiger partial charge on any atom is -0.507 e. The first-order chi connectivity index (χ1) is 14.4. The number of imide groups is 1. The summed E-state index contributed by atoms with van der Waals surface area (Å²) in [4.78, 5) is 24.3. The molecule has 0 aromatic heterocycles. The molecule has 0 unspecified atom stereocenters. The first kappa shape index (κ1) is 20.1. The van der Waals surface area contributed by atoms with Crippen molar-refractivity contribution in [3.8, 4) is 16.9 Å². The molecule has 0 spiro atoms. The number of carbonyl (C=O) groups is 2. The molecule has 30 heavy (non-hydrogen) atoms. The molecule has 0 fully saturated rings. The van der Waals surface area contributed by atoms with Crippen LogP contribution in [0, 0.1) is 9.39 Å². The Morgan fingerprint density at radius 3 is 2.40 bits per heavy atom. The van der Waals surface area contributed by atoms with Gasteiger partial charge in [-0.25, -0.2) is 4.39 Å². The minimum atomic E-state index is -0.462. The van der Waals surface area contributed by atoms with Gasteiger partial charge in [-0.2, -0.15) is 0 Å². The molecule has 2 amide bonds. The molecule has 3 aromatic carbocycles. The maximum Gasteiger partial charge on any atom is 0.260 e. The fourth-order valence-electron chi connectivity index (χ4n) is 3.27. The fraction of sp³-hybridized carbons (Fsp3) is 0.0435. The lowest BCUT2D eigenvalue weighted by molar-refractivity contribution is -0.114. The molecule has 5 nitrogen and oxygen atoms in total. The topological polar surface area (TPSA) is 78.4 Å². The number of amides is 2. The number of benzene rings is 3. The highest BCUT2D eigenvalue weighted by Gasteiger charge is 2.27. The van der Waals surface area contributed by atoms with Crippen molar-refractivity contribution < 1.29 is 19.1 Å². The van der Waals surface area contributed by atoms with Crippen LogP contribution in [0.2, 0.25) is 0 Å². The molecule has 3 aromatic rings. The van der Waals surface area contributed by atoms with E-state index >= 15 is 0 Å². The van der Waals surface area contributed by atoms with Crippen molar-refractivity contribution in [2.45, 2.75) is 6.54 Å². The maximum atomic E-state index is 13.1. The second-order valence-corrected chi connectivity index (χ2v) is 8.02. The van der Waals surface area contributed by atoms with Crippen LogP contribution in [0.3, 0.4) is 0 Å². The van der Waals surface area contributed by atoms with Crippen molar-refractivity contribution in [3.63, 3.8) is 0 Å². The zero-order valence-electron chi connectivity index (χ0n) is 15.6. The number of aromatic hydroxyl groups is 1. The Bertz CT molecular complexity index is 1190.